The van der Waals surface area contributed by atoms with Crippen molar-refractivity contribution in [1.29, 1.82) is 0 Å². The highest BCUT2D eigenvalue weighted by Crippen LogP contribution is 2.37. The smallest absolute Gasteiger partial charge is 0.311 e. The topological polar surface area (TPSA) is 54.5 Å². The summed E-state index contributed by atoms with van der Waals surface area (Å²) in [4.78, 5) is 12.9. The number of halogens is 4. The zero-order valence-corrected chi connectivity index (χ0v) is 12.4. The standard InChI is InChI=1S/C12H11ClF3NO3S/c1-7-9(12(14,15)16)3-2-4-10(7)17-6-8(5-11(17)18)21(13,19)20/h2-4,8H,5-6H2,1H3. The minimum absolute atomic E-state index is 0.0534. The molecule has 1 atom stereocenters. The summed E-state index contributed by atoms with van der Waals surface area (Å²) in [5.74, 6) is -0.563. The number of benzene rings is 1. The summed E-state index contributed by atoms with van der Waals surface area (Å²) in [7, 11) is 1.27. The second-order valence-corrected chi connectivity index (χ2v) is 7.66. The number of rotatable bonds is 2. The van der Waals surface area contributed by atoms with E-state index in [1.165, 1.54) is 19.1 Å². The van der Waals surface area contributed by atoms with Crippen molar-refractivity contribution in [1.82, 2.24) is 0 Å². The molecule has 1 aromatic rings. The Morgan fingerprint density at radius 3 is 2.43 bits per heavy atom. The molecule has 0 N–H and O–H groups in total. The van der Waals surface area contributed by atoms with Crippen molar-refractivity contribution in [2.45, 2.75) is 24.8 Å². The fourth-order valence-corrected chi connectivity index (χ4v) is 3.35. The third-order valence-corrected chi connectivity index (χ3v) is 5.26. The molecule has 1 fully saturated rings. The fourth-order valence-electron chi connectivity index (χ4n) is 2.32. The van der Waals surface area contributed by atoms with E-state index in [4.69, 9.17) is 10.7 Å². The van der Waals surface area contributed by atoms with Crippen LogP contribution in [0.3, 0.4) is 0 Å². The van der Waals surface area contributed by atoms with Crippen molar-refractivity contribution in [3.8, 4) is 0 Å². The maximum atomic E-state index is 12.9. The quantitative estimate of drug-likeness (QED) is 0.777. The monoisotopic (exact) mass is 341 g/mol. The van der Waals surface area contributed by atoms with Crippen LogP contribution in [0.15, 0.2) is 18.2 Å². The molecule has 21 heavy (non-hydrogen) atoms. The van der Waals surface area contributed by atoms with Crippen LogP contribution in [0.5, 0.6) is 0 Å². The van der Waals surface area contributed by atoms with Crippen LogP contribution in [0.25, 0.3) is 0 Å². The van der Waals surface area contributed by atoms with Gasteiger partial charge in [-0.2, -0.15) is 13.2 Å². The van der Waals surface area contributed by atoms with Gasteiger partial charge in [0.15, 0.2) is 0 Å². The minimum Gasteiger partial charge on any atom is -0.311 e. The Kier molecular flexibility index (Phi) is 3.96. The zero-order chi connectivity index (χ0) is 16.0. The van der Waals surface area contributed by atoms with Gasteiger partial charge < -0.3 is 4.90 Å². The number of nitrogens with zero attached hydrogens (tertiary/aromatic N) is 1. The van der Waals surface area contributed by atoms with Crippen LogP contribution in [-0.2, 0) is 20.0 Å². The summed E-state index contributed by atoms with van der Waals surface area (Å²) >= 11 is 0. The van der Waals surface area contributed by atoms with Gasteiger partial charge in [0.2, 0.25) is 15.0 Å². The molecular formula is C12H11ClF3NO3S. The number of hydrogen-bond acceptors (Lipinski definition) is 3. The first-order chi connectivity index (χ1) is 9.51. The van der Waals surface area contributed by atoms with Gasteiger partial charge in [0, 0.05) is 29.3 Å². The van der Waals surface area contributed by atoms with Crippen molar-refractivity contribution < 1.29 is 26.4 Å². The SMILES string of the molecule is Cc1c(N2CC(S(=O)(=O)Cl)CC2=O)cccc1C(F)(F)F. The average Bonchev–Trinajstić information content (AvgIpc) is 2.70. The second kappa shape index (κ2) is 5.17. The van der Waals surface area contributed by atoms with Crippen LogP contribution in [0.1, 0.15) is 17.5 Å². The Morgan fingerprint density at radius 1 is 1.33 bits per heavy atom. The molecule has 0 spiro atoms. The zero-order valence-electron chi connectivity index (χ0n) is 10.8. The highest BCUT2D eigenvalue weighted by molar-refractivity contribution is 8.14. The minimum atomic E-state index is -4.54. The van der Waals surface area contributed by atoms with Crippen LogP contribution < -0.4 is 4.90 Å². The normalized spacial score (nSPS) is 20.1. The summed E-state index contributed by atoms with van der Waals surface area (Å²) in [5, 5.41) is -1.11. The van der Waals surface area contributed by atoms with Gasteiger partial charge in [0.05, 0.1) is 5.56 Å². The summed E-state index contributed by atoms with van der Waals surface area (Å²) in [6.07, 6.45) is -4.87. The number of anilines is 1. The Hall–Kier alpha value is -1.28. The maximum Gasteiger partial charge on any atom is 0.416 e. The van der Waals surface area contributed by atoms with Crippen molar-refractivity contribution in [2.75, 3.05) is 11.4 Å². The lowest BCUT2D eigenvalue weighted by molar-refractivity contribution is -0.138. The van der Waals surface area contributed by atoms with Crippen LogP contribution in [0, 0.1) is 6.92 Å². The van der Waals surface area contributed by atoms with Crippen molar-refractivity contribution >= 4 is 31.3 Å². The second-order valence-electron chi connectivity index (χ2n) is 4.75. The van der Waals surface area contributed by atoms with Gasteiger partial charge >= 0.3 is 6.18 Å². The number of carbonyl (C=O) groups is 1. The summed E-state index contributed by atoms with van der Waals surface area (Å²) in [6, 6.07) is 3.45. The summed E-state index contributed by atoms with van der Waals surface area (Å²) in [6.45, 7) is 1.00. The number of alkyl halides is 3. The van der Waals surface area contributed by atoms with Gasteiger partial charge in [-0.05, 0) is 24.6 Å². The Balaban J connectivity index is 2.42. The first-order valence-corrected chi connectivity index (χ1v) is 8.29. The van der Waals surface area contributed by atoms with E-state index in [0.717, 1.165) is 11.0 Å². The lowest BCUT2D eigenvalue weighted by Crippen LogP contribution is -2.28. The molecule has 1 amide bonds. The number of amides is 1. The molecule has 0 aromatic heterocycles. The van der Waals surface area contributed by atoms with Gasteiger partial charge in [-0.1, -0.05) is 6.07 Å². The van der Waals surface area contributed by atoms with E-state index in [1.807, 2.05) is 0 Å². The molecule has 9 heteroatoms. The largest absolute Gasteiger partial charge is 0.416 e. The molecule has 1 heterocycles. The highest BCUT2D eigenvalue weighted by atomic mass is 35.7. The molecule has 116 valence electrons. The summed E-state index contributed by atoms with van der Waals surface area (Å²) < 4.78 is 61.1. The van der Waals surface area contributed by atoms with Gasteiger partial charge in [-0.3, -0.25) is 4.79 Å². The number of carbonyl (C=O) groups excluding carboxylic acids is 1. The molecule has 0 radical (unpaired) electrons. The van der Waals surface area contributed by atoms with Gasteiger partial charge in [-0.25, -0.2) is 8.42 Å². The first-order valence-electron chi connectivity index (χ1n) is 5.92. The van der Waals surface area contributed by atoms with E-state index in [1.54, 1.807) is 0 Å². The lowest BCUT2D eigenvalue weighted by atomic mass is 10.1. The van der Waals surface area contributed by atoms with Crippen molar-refractivity contribution in [3.05, 3.63) is 29.3 Å². The molecule has 0 bridgehead atoms. The predicted octanol–water partition coefficient (Wildman–Crippen LogP) is 2.69. The maximum absolute atomic E-state index is 12.9. The summed E-state index contributed by atoms with van der Waals surface area (Å²) in [5.41, 5.74) is -0.923. The van der Waals surface area contributed by atoms with E-state index < -0.39 is 31.9 Å². The Bertz CT molecular complexity index is 687. The highest BCUT2D eigenvalue weighted by Gasteiger charge is 2.40. The van der Waals surface area contributed by atoms with E-state index in [-0.39, 0.29) is 24.2 Å². The predicted molar refractivity (Wildman–Crippen MR) is 71.7 cm³/mol. The molecule has 0 aliphatic carbocycles. The van der Waals surface area contributed by atoms with Crippen LogP contribution in [0.2, 0.25) is 0 Å². The van der Waals surface area contributed by atoms with E-state index >= 15 is 0 Å². The fraction of sp³-hybridized carbons (Fsp3) is 0.417. The third-order valence-electron chi connectivity index (χ3n) is 3.39. The van der Waals surface area contributed by atoms with Gasteiger partial charge in [0.25, 0.3) is 0 Å². The molecule has 1 aromatic carbocycles. The molecule has 4 nitrogen and oxygen atoms in total. The molecular weight excluding hydrogens is 331 g/mol. The third kappa shape index (κ3) is 3.16. The van der Waals surface area contributed by atoms with Gasteiger partial charge in [0.1, 0.15) is 5.25 Å². The lowest BCUT2D eigenvalue weighted by Gasteiger charge is -2.21. The molecule has 1 aliphatic rings. The first kappa shape index (κ1) is 16.1. The molecule has 0 saturated carbocycles. The Labute approximate surface area is 123 Å². The van der Waals surface area contributed by atoms with Crippen LogP contribution in [0.4, 0.5) is 18.9 Å². The van der Waals surface area contributed by atoms with E-state index in [2.05, 4.69) is 0 Å². The van der Waals surface area contributed by atoms with Crippen molar-refractivity contribution in [3.63, 3.8) is 0 Å². The average molecular weight is 342 g/mol. The van der Waals surface area contributed by atoms with Gasteiger partial charge in [-0.15, -0.1) is 0 Å². The van der Waals surface area contributed by atoms with E-state index in [9.17, 15) is 26.4 Å². The van der Waals surface area contributed by atoms with Crippen LogP contribution in [-0.4, -0.2) is 26.1 Å². The number of hydrogen-bond donors (Lipinski definition) is 0. The van der Waals surface area contributed by atoms with E-state index in [0.29, 0.717) is 0 Å². The van der Waals surface area contributed by atoms with Crippen LogP contribution >= 0.6 is 10.7 Å². The molecule has 1 saturated heterocycles. The Morgan fingerprint density at radius 2 is 1.95 bits per heavy atom. The molecule has 2 rings (SSSR count). The molecule has 1 unspecified atom stereocenters. The van der Waals surface area contributed by atoms with Crippen molar-refractivity contribution in [2.24, 2.45) is 0 Å². The molecule has 1 aliphatic heterocycles.